The molecule has 0 aliphatic heterocycles. The molecule has 0 spiro atoms. The molecule has 0 radical (unpaired) electrons. The summed E-state index contributed by atoms with van der Waals surface area (Å²) in [6, 6.07) is 7.32. The van der Waals surface area contributed by atoms with Crippen LogP contribution in [0.4, 0.5) is 13.2 Å². The van der Waals surface area contributed by atoms with Crippen molar-refractivity contribution in [3.63, 3.8) is 0 Å². The Hall–Kier alpha value is -2.35. The fourth-order valence-corrected chi connectivity index (χ4v) is 2.18. The normalized spacial score (nSPS) is 12.9. The van der Waals surface area contributed by atoms with Gasteiger partial charge in [-0.05, 0) is 37.7 Å². The molecule has 0 saturated carbocycles. The SMILES string of the molecule is CCN[C@H](C)CNC(=O)c1cccc(-n2ccc(C(F)(F)F)n2)c1. The summed E-state index contributed by atoms with van der Waals surface area (Å²) in [5.74, 6) is -0.287. The van der Waals surface area contributed by atoms with E-state index in [4.69, 9.17) is 0 Å². The molecule has 2 aromatic rings. The summed E-state index contributed by atoms with van der Waals surface area (Å²) in [4.78, 5) is 12.2. The summed E-state index contributed by atoms with van der Waals surface area (Å²) in [5.41, 5.74) is -0.227. The predicted molar refractivity (Wildman–Crippen MR) is 84.0 cm³/mol. The molecule has 0 bridgehead atoms. The molecule has 0 aliphatic carbocycles. The number of hydrogen-bond acceptors (Lipinski definition) is 3. The summed E-state index contributed by atoms with van der Waals surface area (Å²) in [6.45, 7) is 5.17. The van der Waals surface area contributed by atoms with E-state index in [1.807, 2.05) is 13.8 Å². The quantitative estimate of drug-likeness (QED) is 0.850. The number of nitrogens with zero attached hydrogens (tertiary/aromatic N) is 2. The van der Waals surface area contributed by atoms with Crippen molar-refractivity contribution in [3.05, 3.63) is 47.8 Å². The molecule has 0 saturated heterocycles. The average Bonchev–Trinajstić information content (AvgIpc) is 3.03. The highest BCUT2D eigenvalue weighted by molar-refractivity contribution is 5.94. The van der Waals surface area contributed by atoms with E-state index in [9.17, 15) is 18.0 Å². The van der Waals surface area contributed by atoms with Gasteiger partial charge < -0.3 is 10.6 Å². The number of aromatic nitrogens is 2. The Morgan fingerprint density at radius 2 is 2.08 bits per heavy atom. The van der Waals surface area contributed by atoms with Gasteiger partial charge in [0.1, 0.15) is 0 Å². The van der Waals surface area contributed by atoms with E-state index in [0.717, 1.165) is 17.3 Å². The summed E-state index contributed by atoms with van der Waals surface area (Å²) in [7, 11) is 0. The van der Waals surface area contributed by atoms with Gasteiger partial charge in [0, 0.05) is 24.3 Å². The maximum Gasteiger partial charge on any atom is 0.435 e. The number of amides is 1. The molecule has 1 aromatic heterocycles. The molecule has 0 aliphatic rings. The van der Waals surface area contributed by atoms with Gasteiger partial charge in [0.05, 0.1) is 5.69 Å². The molecule has 1 atom stereocenters. The largest absolute Gasteiger partial charge is 0.435 e. The van der Waals surface area contributed by atoms with Gasteiger partial charge in [-0.15, -0.1) is 0 Å². The van der Waals surface area contributed by atoms with Crippen LogP contribution < -0.4 is 10.6 Å². The van der Waals surface area contributed by atoms with Crippen LogP contribution in [0.2, 0.25) is 0 Å². The number of alkyl halides is 3. The van der Waals surface area contributed by atoms with E-state index in [2.05, 4.69) is 15.7 Å². The van der Waals surface area contributed by atoms with Gasteiger partial charge in [0.15, 0.2) is 5.69 Å². The minimum absolute atomic E-state index is 0.127. The summed E-state index contributed by atoms with van der Waals surface area (Å²) in [6.07, 6.45) is -3.28. The molecule has 2 rings (SSSR count). The molecule has 130 valence electrons. The van der Waals surface area contributed by atoms with Crippen molar-refractivity contribution in [3.8, 4) is 5.69 Å². The highest BCUT2D eigenvalue weighted by Gasteiger charge is 2.33. The first-order valence-electron chi connectivity index (χ1n) is 7.56. The lowest BCUT2D eigenvalue weighted by atomic mass is 10.2. The Morgan fingerprint density at radius 3 is 2.71 bits per heavy atom. The Kier molecular flexibility index (Phi) is 5.61. The lowest BCUT2D eigenvalue weighted by Gasteiger charge is -2.13. The van der Waals surface area contributed by atoms with Crippen LogP contribution in [0.25, 0.3) is 5.69 Å². The minimum Gasteiger partial charge on any atom is -0.350 e. The molecule has 24 heavy (non-hydrogen) atoms. The number of carbonyl (C=O) groups excluding carboxylic acids is 1. The molecule has 2 N–H and O–H groups in total. The summed E-state index contributed by atoms with van der Waals surface area (Å²) in [5, 5.41) is 9.45. The van der Waals surface area contributed by atoms with Crippen LogP contribution in [-0.2, 0) is 6.18 Å². The molecular weight excluding hydrogens is 321 g/mol. The second-order valence-electron chi connectivity index (χ2n) is 5.36. The van der Waals surface area contributed by atoms with Gasteiger partial charge in [0.2, 0.25) is 0 Å². The number of nitrogens with one attached hydrogen (secondary N) is 2. The molecular formula is C16H19F3N4O. The van der Waals surface area contributed by atoms with Crippen LogP contribution in [0.5, 0.6) is 0 Å². The van der Waals surface area contributed by atoms with Crippen LogP contribution in [0.1, 0.15) is 29.9 Å². The minimum atomic E-state index is -4.50. The average molecular weight is 340 g/mol. The van der Waals surface area contributed by atoms with Crippen molar-refractivity contribution in [2.75, 3.05) is 13.1 Å². The van der Waals surface area contributed by atoms with Crippen LogP contribution in [0.15, 0.2) is 36.5 Å². The predicted octanol–water partition coefficient (Wildman–Crippen LogP) is 2.62. The van der Waals surface area contributed by atoms with Crippen LogP contribution in [0, 0.1) is 0 Å². The number of carbonyl (C=O) groups is 1. The Bertz CT molecular complexity index is 697. The van der Waals surface area contributed by atoms with Crippen molar-refractivity contribution < 1.29 is 18.0 Å². The molecule has 0 unspecified atom stereocenters. The lowest BCUT2D eigenvalue weighted by Crippen LogP contribution is -2.38. The third-order valence-corrected chi connectivity index (χ3v) is 3.37. The third-order valence-electron chi connectivity index (χ3n) is 3.37. The fourth-order valence-electron chi connectivity index (χ4n) is 2.18. The Balaban J connectivity index is 2.11. The van der Waals surface area contributed by atoms with Crippen molar-refractivity contribution in [2.45, 2.75) is 26.1 Å². The van der Waals surface area contributed by atoms with Gasteiger partial charge in [-0.2, -0.15) is 18.3 Å². The standard InChI is InChI=1S/C16H19F3N4O/c1-3-20-11(2)10-21-15(24)12-5-4-6-13(9-12)23-8-7-14(22-23)16(17,18)19/h4-9,11,20H,3,10H2,1-2H3,(H,21,24)/t11-/m1/s1. The Labute approximate surface area is 137 Å². The van der Waals surface area contributed by atoms with E-state index in [1.165, 1.54) is 12.3 Å². The van der Waals surface area contributed by atoms with E-state index >= 15 is 0 Å². The first-order valence-corrected chi connectivity index (χ1v) is 7.56. The second kappa shape index (κ2) is 7.48. The molecule has 1 heterocycles. The zero-order valence-electron chi connectivity index (χ0n) is 13.4. The first-order chi connectivity index (χ1) is 11.3. The highest BCUT2D eigenvalue weighted by Crippen LogP contribution is 2.27. The number of likely N-dealkylation sites (N-methyl/N-ethyl adjacent to an activating group) is 1. The molecule has 5 nitrogen and oxygen atoms in total. The zero-order valence-corrected chi connectivity index (χ0v) is 13.4. The number of halogens is 3. The number of hydrogen-bond donors (Lipinski definition) is 2. The van der Waals surface area contributed by atoms with Crippen LogP contribution in [0.3, 0.4) is 0 Å². The lowest BCUT2D eigenvalue weighted by molar-refractivity contribution is -0.141. The molecule has 8 heteroatoms. The van der Waals surface area contributed by atoms with Crippen molar-refractivity contribution in [1.29, 1.82) is 0 Å². The maximum absolute atomic E-state index is 12.6. The maximum atomic E-state index is 12.6. The third kappa shape index (κ3) is 4.58. The van der Waals surface area contributed by atoms with E-state index in [1.54, 1.807) is 18.2 Å². The summed E-state index contributed by atoms with van der Waals surface area (Å²) >= 11 is 0. The van der Waals surface area contributed by atoms with Gasteiger partial charge in [-0.25, -0.2) is 4.68 Å². The monoisotopic (exact) mass is 340 g/mol. The topological polar surface area (TPSA) is 58.9 Å². The molecule has 0 fully saturated rings. The number of rotatable bonds is 6. The second-order valence-corrected chi connectivity index (χ2v) is 5.36. The number of benzene rings is 1. The highest BCUT2D eigenvalue weighted by atomic mass is 19.4. The van der Waals surface area contributed by atoms with Gasteiger partial charge in [0.25, 0.3) is 5.91 Å². The first kappa shape index (κ1) is 18.0. The van der Waals surface area contributed by atoms with Gasteiger partial charge in [-0.1, -0.05) is 13.0 Å². The smallest absolute Gasteiger partial charge is 0.350 e. The van der Waals surface area contributed by atoms with Crippen molar-refractivity contribution in [2.24, 2.45) is 0 Å². The van der Waals surface area contributed by atoms with Crippen LogP contribution in [-0.4, -0.2) is 34.8 Å². The fraction of sp³-hybridized carbons (Fsp3) is 0.375. The van der Waals surface area contributed by atoms with E-state index in [-0.39, 0.29) is 11.9 Å². The van der Waals surface area contributed by atoms with Crippen molar-refractivity contribution in [1.82, 2.24) is 20.4 Å². The molecule has 1 amide bonds. The van der Waals surface area contributed by atoms with Gasteiger partial charge >= 0.3 is 6.18 Å². The van der Waals surface area contributed by atoms with E-state index in [0.29, 0.717) is 17.8 Å². The van der Waals surface area contributed by atoms with Gasteiger partial charge in [-0.3, -0.25) is 4.79 Å². The Morgan fingerprint density at radius 1 is 1.33 bits per heavy atom. The van der Waals surface area contributed by atoms with Crippen LogP contribution >= 0.6 is 0 Å². The zero-order chi connectivity index (χ0) is 17.7. The molecule has 1 aromatic carbocycles. The van der Waals surface area contributed by atoms with Crippen molar-refractivity contribution >= 4 is 5.91 Å². The van der Waals surface area contributed by atoms with E-state index < -0.39 is 11.9 Å². The summed E-state index contributed by atoms with van der Waals surface area (Å²) < 4.78 is 39.0.